The molecule has 6 heteroatoms. The Bertz CT molecular complexity index is 773. The van der Waals surface area contributed by atoms with Crippen molar-refractivity contribution in [2.45, 2.75) is 6.54 Å². The second-order valence-corrected chi connectivity index (χ2v) is 4.00. The second-order valence-electron chi connectivity index (χ2n) is 4.00. The van der Waals surface area contributed by atoms with E-state index in [9.17, 15) is 4.39 Å². The highest BCUT2D eigenvalue weighted by atomic mass is 19.1. The lowest BCUT2D eigenvalue weighted by molar-refractivity contribution is 0.615. The Morgan fingerprint density at radius 1 is 1.26 bits per heavy atom. The molecule has 0 fully saturated rings. The van der Waals surface area contributed by atoms with Crippen molar-refractivity contribution in [2.75, 3.05) is 0 Å². The van der Waals surface area contributed by atoms with E-state index in [1.807, 2.05) is 6.07 Å². The molecule has 5 nitrogen and oxygen atoms in total. The summed E-state index contributed by atoms with van der Waals surface area (Å²) in [5.74, 6) is -0.400. The molecule has 3 aromatic rings. The molecule has 19 heavy (non-hydrogen) atoms. The zero-order valence-electron chi connectivity index (χ0n) is 9.79. The molecule has 0 atom stereocenters. The Kier molecular flexibility index (Phi) is 2.65. The SMILES string of the molecule is N#Cc1nn(Cc2cncnc2)c2c(F)cccc12. The fraction of sp³-hybridized carbons (Fsp3) is 0.0769. The lowest BCUT2D eigenvalue weighted by atomic mass is 10.2. The van der Waals surface area contributed by atoms with Crippen LogP contribution in [0.15, 0.2) is 36.9 Å². The Morgan fingerprint density at radius 3 is 2.79 bits per heavy atom. The second kappa shape index (κ2) is 4.46. The molecule has 0 bridgehead atoms. The largest absolute Gasteiger partial charge is 0.256 e. The zero-order chi connectivity index (χ0) is 13.2. The van der Waals surface area contributed by atoms with Gasteiger partial charge in [-0.1, -0.05) is 6.07 Å². The van der Waals surface area contributed by atoms with Gasteiger partial charge >= 0.3 is 0 Å². The topological polar surface area (TPSA) is 67.4 Å². The number of nitriles is 1. The van der Waals surface area contributed by atoms with Gasteiger partial charge in [-0.3, -0.25) is 4.68 Å². The van der Waals surface area contributed by atoms with Crippen LogP contribution in [0, 0.1) is 17.1 Å². The maximum Gasteiger partial charge on any atom is 0.170 e. The van der Waals surface area contributed by atoms with E-state index in [2.05, 4.69) is 15.1 Å². The monoisotopic (exact) mass is 253 g/mol. The zero-order valence-corrected chi connectivity index (χ0v) is 9.79. The number of aromatic nitrogens is 4. The van der Waals surface area contributed by atoms with Gasteiger partial charge in [0.05, 0.1) is 6.54 Å². The summed E-state index contributed by atoms with van der Waals surface area (Å²) in [6.45, 7) is 0.319. The van der Waals surface area contributed by atoms with Crippen LogP contribution >= 0.6 is 0 Å². The molecule has 0 spiro atoms. The summed E-state index contributed by atoms with van der Waals surface area (Å²) in [5.41, 5.74) is 1.33. The highest BCUT2D eigenvalue weighted by Gasteiger charge is 2.14. The van der Waals surface area contributed by atoms with Crippen molar-refractivity contribution in [3.05, 3.63) is 54.0 Å². The van der Waals surface area contributed by atoms with E-state index in [1.54, 1.807) is 24.5 Å². The predicted molar refractivity (Wildman–Crippen MR) is 65.5 cm³/mol. The molecule has 2 heterocycles. The molecule has 3 rings (SSSR count). The van der Waals surface area contributed by atoms with Crippen LogP contribution in [0.25, 0.3) is 10.9 Å². The molecule has 0 radical (unpaired) electrons. The van der Waals surface area contributed by atoms with Crippen LogP contribution in [0.5, 0.6) is 0 Å². The molecule has 0 unspecified atom stereocenters. The number of halogens is 1. The summed E-state index contributed by atoms with van der Waals surface area (Å²) in [5, 5.41) is 13.7. The van der Waals surface area contributed by atoms with Gasteiger partial charge in [-0.2, -0.15) is 10.4 Å². The number of benzene rings is 1. The summed E-state index contributed by atoms with van der Waals surface area (Å²) in [6, 6.07) is 6.57. The van der Waals surface area contributed by atoms with Crippen LogP contribution < -0.4 is 0 Å². The number of hydrogen-bond donors (Lipinski definition) is 0. The Labute approximate surface area is 108 Å². The van der Waals surface area contributed by atoms with E-state index in [0.717, 1.165) is 5.56 Å². The van der Waals surface area contributed by atoms with Gasteiger partial charge in [0, 0.05) is 23.3 Å². The van der Waals surface area contributed by atoms with E-state index < -0.39 is 5.82 Å². The fourth-order valence-electron chi connectivity index (χ4n) is 1.97. The van der Waals surface area contributed by atoms with Crippen molar-refractivity contribution >= 4 is 10.9 Å². The predicted octanol–water partition coefficient (Wildman–Crippen LogP) is 1.89. The van der Waals surface area contributed by atoms with Crippen molar-refractivity contribution in [1.82, 2.24) is 19.7 Å². The molecular formula is C13H8FN5. The van der Waals surface area contributed by atoms with Gasteiger partial charge in [0.1, 0.15) is 23.7 Å². The van der Waals surface area contributed by atoms with Gasteiger partial charge in [-0.05, 0) is 12.1 Å². The van der Waals surface area contributed by atoms with Crippen molar-refractivity contribution in [3.8, 4) is 6.07 Å². The molecule has 0 saturated carbocycles. The third-order valence-corrected chi connectivity index (χ3v) is 2.77. The first-order chi connectivity index (χ1) is 9.29. The summed E-state index contributed by atoms with van der Waals surface area (Å²) in [7, 11) is 0. The molecule has 92 valence electrons. The minimum absolute atomic E-state index is 0.214. The minimum atomic E-state index is -0.400. The van der Waals surface area contributed by atoms with E-state index in [1.165, 1.54) is 17.1 Å². The van der Waals surface area contributed by atoms with Gasteiger partial charge in [0.15, 0.2) is 5.69 Å². The highest BCUT2D eigenvalue weighted by molar-refractivity contribution is 5.84. The standard InChI is InChI=1S/C13H8FN5/c14-11-3-1-2-10-12(4-15)18-19(13(10)11)7-9-5-16-8-17-6-9/h1-3,5-6,8H,7H2. The first-order valence-corrected chi connectivity index (χ1v) is 5.58. The minimum Gasteiger partial charge on any atom is -0.256 e. The van der Waals surface area contributed by atoms with Crippen LogP contribution in [0.2, 0.25) is 0 Å². The van der Waals surface area contributed by atoms with E-state index in [4.69, 9.17) is 5.26 Å². The van der Waals surface area contributed by atoms with E-state index in [-0.39, 0.29) is 5.69 Å². The number of hydrogen-bond acceptors (Lipinski definition) is 4. The normalized spacial score (nSPS) is 10.5. The summed E-state index contributed by atoms with van der Waals surface area (Å²) in [4.78, 5) is 7.80. The fourth-order valence-corrected chi connectivity index (χ4v) is 1.97. The Morgan fingerprint density at radius 2 is 2.05 bits per heavy atom. The van der Waals surface area contributed by atoms with Gasteiger partial charge < -0.3 is 0 Å². The molecule has 0 saturated heterocycles. The van der Waals surface area contributed by atoms with Crippen LogP contribution in [0.1, 0.15) is 11.3 Å². The van der Waals surface area contributed by atoms with Crippen LogP contribution in [-0.2, 0) is 6.54 Å². The van der Waals surface area contributed by atoms with Crippen molar-refractivity contribution in [2.24, 2.45) is 0 Å². The van der Waals surface area contributed by atoms with Crippen LogP contribution in [-0.4, -0.2) is 19.7 Å². The van der Waals surface area contributed by atoms with Gasteiger partial charge in [-0.15, -0.1) is 0 Å². The first-order valence-electron chi connectivity index (χ1n) is 5.58. The summed E-state index contributed by atoms with van der Waals surface area (Å²) in [6.07, 6.45) is 4.69. The third kappa shape index (κ3) is 1.91. The molecule has 1 aromatic carbocycles. The van der Waals surface area contributed by atoms with Gasteiger partial charge in [0.2, 0.25) is 0 Å². The molecule has 0 aliphatic rings. The average Bonchev–Trinajstić information content (AvgIpc) is 2.79. The average molecular weight is 253 g/mol. The van der Waals surface area contributed by atoms with E-state index in [0.29, 0.717) is 17.4 Å². The lowest BCUT2D eigenvalue weighted by Gasteiger charge is -2.03. The summed E-state index contributed by atoms with van der Waals surface area (Å²) < 4.78 is 15.4. The quantitative estimate of drug-likeness (QED) is 0.699. The van der Waals surface area contributed by atoms with Crippen molar-refractivity contribution in [3.63, 3.8) is 0 Å². The van der Waals surface area contributed by atoms with E-state index >= 15 is 0 Å². The molecule has 0 aliphatic carbocycles. The number of para-hydroxylation sites is 1. The Hall–Kier alpha value is -2.81. The van der Waals surface area contributed by atoms with Crippen LogP contribution in [0.4, 0.5) is 4.39 Å². The maximum absolute atomic E-state index is 13.9. The third-order valence-electron chi connectivity index (χ3n) is 2.77. The first kappa shape index (κ1) is 11.3. The maximum atomic E-state index is 13.9. The van der Waals surface area contributed by atoms with Crippen molar-refractivity contribution < 1.29 is 4.39 Å². The Balaban J connectivity index is 2.17. The van der Waals surface area contributed by atoms with Gasteiger partial charge in [0.25, 0.3) is 0 Å². The molecular weight excluding hydrogens is 245 g/mol. The van der Waals surface area contributed by atoms with Gasteiger partial charge in [-0.25, -0.2) is 14.4 Å². The van der Waals surface area contributed by atoms with Crippen molar-refractivity contribution in [1.29, 1.82) is 5.26 Å². The molecule has 0 amide bonds. The smallest absolute Gasteiger partial charge is 0.170 e. The lowest BCUT2D eigenvalue weighted by Crippen LogP contribution is -2.03. The summed E-state index contributed by atoms with van der Waals surface area (Å²) >= 11 is 0. The number of rotatable bonds is 2. The molecule has 2 aromatic heterocycles. The molecule has 0 aliphatic heterocycles. The number of nitrogens with zero attached hydrogens (tertiary/aromatic N) is 5. The molecule has 0 N–H and O–H groups in total. The highest BCUT2D eigenvalue weighted by Crippen LogP contribution is 2.21. The number of fused-ring (bicyclic) bond motifs is 1. The van der Waals surface area contributed by atoms with Crippen LogP contribution in [0.3, 0.4) is 0 Å².